The maximum Gasteiger partial charge on any atom is 0.345 e. The Hall–Kier alpha value is -1.73. The Bertz CT molecular complexity index is 595. The van der Waals surface area contributed by atoms with Crippen LogP contribution in [0.5, 0.6) is 0 Å². The van der Waals surface area contributed by atoms with E-state index in [1.54, 1.807) is 20.0 Å². The fourth-order valence-corrected chi connectivity index (χ4v) is 2.47. The van der Waals surface area contributed by atoms with Crippen molar-refractivity contribution in [1.82, 2.24) is 4.98 Å². The number of carbonyl (C=O) groups excluding carboxylic acids is 2. The molecule has 1 heterocycles. The Balaban J connectivity index is 3.29. The molecule has 0 fully saturated rings. The van der Waals surface area contributed by atoms with Crippen molar-refractivity contribution in [3.63, 3.8) is 0 Å². The molecule has 24 heavy (non-hydrogen) atoms. The number of carbonyl (C=O) groups is 2. The maximum atomic E-state index is 12.1. The third-order valence-corrected chi connectivity index (χ3v) is 3.44. The number of halogens is 1. The van der Waals surface area contributed by atoms with Gasteiger partial charge in [0.1, 0.15) is 11.7 Å². The molecule has 0 aliphatic carbocycles. The predicted octanol–water partition coefficient (Wildman–Crippen LogP) is 3.28. The first-order valence-corrected chi connectivity index (χ1v) is 8.53. The summed E-state index contributed by atoms with van der Waals surface area (Å²) >= 11 is 3.36. The molecule has 0 amide bonds. The lowest BCUT2D eigenvalue weighted by Crippen LogP contribution is -2.20. The van der Waals surface area contributed by atoms with Gasteiger partial charge in [-0.1, -0.05) is 0 Å². The van der Waals surface area contributed by atoms with Crippen molar-refractivity contribution in [2.24, 2.45) is 0 Å². The minimum Gasteiger partial charge on any atom is -0.462 e. The molecule has 0 aliphatic rings. The van der Waals surface area contributed by atoms with E-state index in [4.69, 9.17) is 14.2 Å². The molecule has 132 valence electrons. The zero-order valence-electron chi connectivity index (χ0n) is 14.3. The standard InChI is InChI=1S/C17H22BrNO5/c1-5-22-14(15-11(4)8-12(18)10-19-15)9-13(16(20)23-6-2)17(21)24-7-3/h8-10,14H,5-7H2,1-4H3/t14-/m0/s1. The first-order valence-electron chi connectivity index (χ1n) is 7.74. The molecule has 0 aromatic carbocycles. The number of hydrogen-bond acceptors (Lipinski definition) is 6. The smallest absolute Gasteiger partial charge is 0.345 e. The van der Waals surface area contributed by atoms with Gasteiger partial charge in [-0.05, 0) is 61.3 Å². The van der Waals surface area contributed by atoms with Crippen LogP contribution in [0.25, 0.3) is 0 Å². The normalized spacial score (nSPS) is 11.5. The summed E-state index contributed by atoms with van der Waals surface area (Å²) in [5.74, 6) is -1.48. The molecule has 6 nitrogen and oxygen atoms in total. The fraction of sp³-hybridized carbons (Fsp3) is 0.471. The first-order chi connectivity index (χ1) is 11.4. The Labute approximate surface area is 150 Å². The first kappa shape index (κ1) is 20.3. The molecule has 1 aromatic heterocycles. The monoisotopic (exact) mass is 399 g/mol. The quantitative estimate of drug-likeness (QED) is 0.289. The summed E-state index contributed by atoms with van der Waals surface area (Å²) < 4.78 is 16.4. The van der Waals surface area contributed by atoms with Crippen molar-refractivity contribution in [3.8, 4) is 0 Å². The number of esters is 2. The van der Waals surface area contributed by atoms with Crippen molar-refractivity contribution < 1.29 is 23.8 Å². The highest BCUT2D eigenvalue weighted by atomic mass is 79.9. The van der Waals surface area contributed by atoms with E-state index in [-0.39, 0.29) is 18.8 Å². The van der Waals surface area contributed by atoms with E-state index in [1.807, 2.05) is 19.9 Å². The van der Waals surface area contributed by atoms with E-state index in [0.29, 0.717) is 12.3 Å². The molecule has 1 atom stereocenters. The van der Waals surface area contributed by atoms with Gasteiger partial charge in [0, 0.05) is 17.3 Å². The molecule has 0 aliphatic heterocycles. The van der Waals surface area contributed by atoms with Crippen LogP contribution in [0.1, 0.15) is 38.1 Å². The lowest BCUT2D eigenvalue weighted by molar-refractivity contribution is -0.146. The molecule has 0 unspecified atom stereocenters. The number of nitrogens with zero attached hydrogens (tertiary/aromatic N) is 1. The van der Waals surface area contributed by atoms with Gasteiger partial charge in [0.05, 0.1) is 18.9 Å². The van der Waals surface area contributed by atoms with Gasteiger partial charge in [-0.15, -0.1) is 0 Å². The average Bonchev–Trinajstić information content (AvgIpc) is 2.52. The molecule has 0 bridgehead atoms. The van der Waals surface area contributed by atoms with Crippen LogP contribution in [0.15, 0.2) is 28.4 Å². The summed E-state index contributed by atoms with van der Waals surface area (Å²) in [5, 5.41) is 0. The Kier molecular flexibility index (Phi) is 8.63. The summed E-state index contributed by atoms with van der Waals surface area (Å²) in [6.45, 7) is 7.74. The van der Waals surface area contributed by atoms with Gasteiger partial charge in [-0.25, -0.2) is 9.59 Å². The third-order valence-electron chi connectivity index (χ3n) is 3.01. The minimum atomic E-state index is -0.740. The second-order valence-electron chi connectivity index (χ2n) is 4.75. The van der Waals surface area contributed by atoms with Crippen molar-refractivity contribution in [2.75, 3.05) is 19.8 Å². The number of aromatic nitrogens is 1. The van der Waals surface area contributed by atoms with Crippen molar-refractivity contribution in [3.05, 3.63) is 39.6 Å². The molecule has 0 saturated heterocycles. The molecule has 0 saturated carbocycles. The van der Waals surface area contributed by atoms with Crippen molar-refractivity contribution >= 4 is 27.9 Å². The molecule has 7 heteroatoms. The van der Waals surface area contributed by atoms with Crippen LogP contribution < -0.4 is 0 Å². The van der Waals surface area contributed by atoms with E-state index in [2.05, 4.69) is 20.9 Å². The van der Waals surface area contributed by atoms with Crippen LogP contribution in [0, 0.1) is 6.92 Å². The highest BCUT2D eigenvalue weighted by Gasteiger charge is 2.25. The SMILES string of the molecule is CCOC(=O)C(=C[C@H](OCC)c1ncc(Br)cc1C)C(=O)OCC. The summed E-state index contributed by atoms with van der Waals surface area (Å²) in [4.78, 5) is 28.5. The molecular weight excluding hydrogens is 378 g/mol. The zero-order chi connectivity index (χ0) is 18.1. The van der Waals surface area contributed by atoms with Crippen LogP contribution in [-0.4, -0.2) is 36.7 Å². The Morgan fingerprint density at radius 1 is 1.17 bits per heavy atom. The van der Waals surface area contributed by atoms with E-state index < -0.39 is 18.0 Å². The number of aryl methyl sites for hydroxylation is 1. The topological polar surface area (TPSA) is 74.7 Å². The van der Waals surface area contributed by atoms with Gasteiger partial charge in [-0.2, -0.15) is 0 Å². The van der Waals surface area contributed by atoms with Crippen molar-refractivity contribution in [1.29, 1.82) is 0 Å². The van der Waals surface area contributed by atoms with E-state index >= 15 is 0 Å². The number of hydrogen-bond donors (Lipinski definition) is 0. The third kappa shape index (κ3) is 5.72. The Morgan fingerprint density at radius 3 is 2.21 bits per heavy atom. The molecular formula is C17H22BrNO5. The van der Waals surface area contributed by atoms with Crippen LogP contribution in [-0.2, 0) is 23.8 Å². The predicted molar refractivity (Wildman–Crippen MR) is 92.4 cm³/mol. The van der Waals surface area contributed by atoms with Crippen LogP contribution >= 0.6 is 15.9 Å². The summed E-state index contributed by atoms with van der Waals surface area (Å²) in [7, 11) is 0. The average molecular weight is 400 g/mol. The van der Waals surface area contributed by atoms with Crippen LogP contribution in [0.2, 0.25) is 0 Å². The fourth-order valence-electron chi connectivity index (χ4n) is 2.02. The number of rotatable bonds is 8. The largest absolute Gasteiger partial charge is 0.462 e. The van der Waals surface area contributed by atoms with Gasteiger partial charge in [0.2, 0.25) is 0 Å². The van der Waals surface area contributed by atoms with E-state index in [1.165, 1.54) is 6.08 Å². The zero-order valence-corrected chi connectivity index (χ0v) is 15.9. The minimum absolute atomic E-state index is 0.157. The van der Waals surface area contributed by atoms with Crippen LogP contribution in [0.4, 0.5) is 0 Å². The molecule has 0 radical (unpaired) electrons. The number of ether oxygens (including phenoxy) is 3. The van der Waals surface area contributed by atoms with Crippen molar-refractivity contribution in [2.45, 2.75) is 33.8 Å². The van der Waals surface area contributed by atoms with Crippen LogP contribution in [0.3, 0.4) is 0 Å². The highest BCUT2D eigenvalue weighted by molar-refractivity contribution is 9.10. The van der Waals surface area contributed by atoms with Gasteiger partial charge in [-0.3, -0.25) is 4.98 Å². The second-order valence-corrected chi connectivity index (χ2v) is 5.67. The summed E-state index contributed by atoms with van der Waals surface area (Å²) in [6.07, 6.45) is 2.38. The lowest BCUT2D eigenvalue weighted by atomic mass is 10.1. The van der Waals surface area contributed by atoms with Gasteiger partial charge in [0.25, 0.3) is 0 Å². The molecule has 1 rings (SSSR count). The summed E-state index contributed by atoms with van der Waals surface area (Å²) in [6, 6.07) is 1.89. The molecule has 0 N–H and O–H groups in total. The van der Waals surface area contributed by atoms with Gasteiger partial charge >= 0.3 is 11.9 Å². The van der Waals surface area contributed by atoms with Gasteiger partial charge < -0.3 is 14.2 Å². The maximum absolute atomic E-state index is 12.1. The molecule has 0 spiro atoms. The summed E-state index contributed by atoms with van der Waals surface area (Å²) in [5.41, 5.74) is 1.29. The number of pyridine rings is 1. The second kappa shape index (κ2) is 10.2. The van der Waals surface area contributed by atoms with E-state index in [9.17, 15) is 9.59 Å². The van der Waals surface area contributed by atoms with Gasteiger partial charge in [0.15, 0.2) is 0 Å². The Morgan fingerprint density at radius 2 is 1.75 bits per heavy atom. The lowest BCUT2D eigenvalue weighted by Gasteiger charge is -2.16. The highest BCUT2D eigenvalue weighted by Crippen LogP contribution is 2.24. The molecule has 1 aromatic rings. The van der Waals surface area contributed by atoms with E-state index in [0.717, 1.165) is 10.0 Å².